The second-order valence-electron chi connectivity index (χ2n) is 4.07. The molecule has 100 valence electrons. The molecule has 1 unspecified atom stereocenters. The van der Waals surface area contributed by atoms with Crippen molar-refractivity contribution in [1.82, 2.24) is 0 Å². The fourth-order valence-electron chi connectivity index (χ4n) is 1.67. The minimum Gasteiger partial charge on any atom is -0.490 e. The van der Waals surface area contributed by atoms with Crippen LogP contribution in [-0.2, 0) is 15.0 Å². The van der Waals surface area contributed by atoms with Gasteiger partial charge in [-0.2, -0.15) is 8.42 Å². The standard InChI is InChI=1S/C11H12F2O4S/c12-10-5-9(18(13,14)15)1-2-11(10)17-7-8-3-4-16-6-8/h1-2,5,8H,3-4,6-7H2. The molecule has 1 aliphatic heterocycles. The van der Waals surface area contributed by atoms with E-state index < -0.39 is 20.9 Å². The molecule has 0 radical (unpaired) electrons. The van der Waals surface area contributed by atoms with Gasteiger partial charge in [-0.1, -0.05) is 0 Å². The van der Waals surface area contributed by atoms with E-state index in [-0.39, 0.29) is 11.7 Å². The van der Waals surface area contributed by atoms with Crippen LogP contribution in [0, 0.1) is 11.7 Å². The Morgan fingerprint density at radius 3 is 2.78 bits per heavy atom. The normalized spacial score (nSPS) is 20.0. The van der Waals surface area contributed by atoms with Gasteiger partial charge in [-0.05, 0) is 24.6 Å². The highest BCUT2D eigenvalue weighted by atomic mass is 32.3. The van der Waals surface area contributed by atoms with Crippen molar-refractivity contribution < 1.29 is 26.2 Å². The van der Waals surface area contributed by atoms with Gasteiger partial charge < -0.3 is 9.47 Å². The van der Waals surface area contributed by atoms with Crippen LogP contribution in [0.25, 0.3) is 0 Å². The molecule has 1 aromatic carbocycles. The summed E-state index contributed by atoms with van der Waals surface area (Å²) < 4.78 is 57.6. The molecular formula is C11H12F2O4S. The molecule has 7 heteroatoms. The lowest BCUT2D eigenvalue weighted by molar-refractivity contribution is 0.165. The Bertz CT molecular complexity index is 524. The lowest BCUT2D eigenvalue weighted by Crippen LogP contribution is -2.12. The first-order valence-electron chi connectivity index (χ1n) is 5.41. The summed E-state index contributed by atoms with van der Waals surface area (Å²) in [5.41, 5.74) is 0. The van der Waals surface area contributed by atoms with E-state index in [9.17, 15) is 16.7 Å². The van der Waals surface area contributed by atoms with Crippen LogP contribution in [0.4, 0.5) is 8.28 Å². The summed E-state index contributed by atoms with van der Waals surface area (Å²) in [7, 11) is -4.89. The van der Waals surface area contributed by atoms with Crippen molar-refractivity contribution in [3.05, 3.63) is 24.0 Å². The van der Waals surface area contributed by atoms with E-state index in [0.29, 0.717) is 25.9 Å². The van der Waals surface area contributed by atoms with Crippen molar-refractivity contribution in [2.24, 2.45) is 5.92 Å². The van der Waals surface area contributed by atoms with E-state index in [1.807, 2.05) is 0 Å². The molecule has 18 heavy (non-hydrogen) atoms. The molecular weight excluding hydrogens is 266 g/mol. The van der Waals surface area contributed by atoms with Gasteiger partial charge in [0.05, 0.1) is 13.2 Å². The van der Waals surface area contributed by atoms with Crippen molar-refractivity contribution in [1.29, 1.82) is 0 Å². The van der Waals surface area contributed by atoms with Crippen LogP contribution in [0.15, 0.2) is 23.1 Å². The zero-order chi connectivity index (χ0) is 13.2. The topological polar surface area (TPSA) is 52.6 Å². The minimum atomic E-state index is -4.89. The summed E-state index contributed by atoms with van der Waals surface area (Å²) in [6, 6.07) is 2.69. The third-order valence-corrected chi connectivity index (χ3v) is 3.50. The highest BCUT2D eigenvalue weighted by Gasteiger charge is 2.18. The Hall–Kier alpha value is -1.21. The van der Waals surface area contributed by atoms with Gasteiger partial charge in [0.15, 0.2) is 11.6 Å². The molecule has 1 heterocycles. The van der Waals surface area contributed by atoms with Gasteiger partial charge in [0.2, 0.25) is 0 Å². The van der Waals surface area contributed by atoms with Crippen molar-refractivity contribution >= 4 is 10.2 Å². The lowest BCUT2D eigenvalue weighted by atomic mass is 10.1. The predicted molar refractivity (Wildman–Crippen MR) is 59.1 cm³/mol. The maximum atomic E-state index is 13.5. The Balaban J connectivity index is 2.05. The molecule has 0 saturated carbocycles. The van der Waals surface area contributed by atoms with Gasteiger partial charge in [0.25, 0.3) is 0 Å². The van der Waals surface area contributed by atoms with Crippen LogP contribution in [0.5, 0.6) is 5.75 Å². The van der Waals surface area contributed by atoms with Crippen molar-refractivity contribution in [2.75, 3.05) is 19.8 Å². The maximum absolute atomic E-state index is 13.5. The highest BCUT2D eigenvalue weighted by molar-refractivity contribution is 7.86. The van der Waals surface area contributed by atoms with Crippen LogP contribution in [0.2, 0.25) is 0 Å². The summed E-state index contributed by atoms with van der Waals surface area (Å²) in [6.07, 6.45) is 0.846. The molecule has 0 N–H and O–H groups in total. The zero-order valence-corrected chi connectivity index (χ0v) is 10.3. The first-order valence-corrected chi connectivity index (χ1v) is 6.80. The fourth-order valence-corrected chi connectivity index (χ4v) is 2.15. The number of benzene rings is 1. The summed E-state index contributed by atoms with van der Waals surface area (Å²) in [6.45, 7) is 1.52. The minimum absolute atomic E-state index is 0.0886. The lowest BCUT2D eigenvalue weighted by Gasteiger charge is -2.11. The molecule has 1 saturated heterocycles. The molecule has 4 nitrogen and oxygen atoms in total. The second-order valence-corrected chi connectivity index (χ2v) is 5.42. The number of halogens is 2. The van der Waals surface area contributed by atoms with Crippen molar-refractivity contribution in [3.63, 3.8) is 0 Å². The molecule has 0 bridgehead atoms. The van der Waals surface area contributed by atoms with Crippen molar-refractivity contribution in [3.8, 4) is 5.75 Å². The van der Waals surface area contributed by atoms with E-state index in [1.165, 1.54) is 0 Å². The van der Waals surface area contributed by atoms with Gasteiger partial charge >= 0.3 is 10.2 Å². The third kappa shape index (κ3) is 3.17. The fraction of sp³-hybridized carbons (Fsp3) is 0.455. The second kappa shape index (κ2) is 5.19. The summed E-state index contributed by atoms with van der Waals surface area (Å²) in [5, 5.41) is 0. The molecule has 1 atom stereocenters. The quantitative estimate of drug-likeness (QED) is 0.789. The molecule has 1 aliphatic rings. The number of rotatable bonds is 4. The summed E-state index contributed by atoms with van der Waals surface area (Å²) in [4.78, 5) is -0.712. The monoisotopic (exact) mass is 278 g/mol. The van der Waals surface area contributed by atoms with E-state index in [0.717, 1.165) is 18.6 Å². The van der Waals surface area contributed by atoms with Gasteiger partial charge in [-0.3, -0.25) is 0 Å². The zero-order valence-electron chi connectivity index (χ0n) is 9.43. The van der Waals surface area contributed by atoms with Crippen LogP contribution in [-0.4, -0.2) is 28.2 Å². The first-order chi connectivity index (χ1) is 8.47. The average Bonchev–Trinajstić information content (AvgIpc) is 2.79. The number of ether oxygens (including phenoxy) is 2. The molecule has 1 aromatic rings. The average molecular weight is 278 g/mol. The smallest absolute Gasteiger partial charge is 0.332 e. The van der Waals surface area contributed by atoms with Gasteiger partial charge in [-0.15, -0.1) is 3.89 Å². The Labute approximate surface area is 104 Å². The SMILES string of the molecule is O=S(=O)(F)c1ccc(OCC2CCOC2)c(F)c1. The molecule has 0 aliphatic carbocycles. The summed E-state index contributed by atoms with van der Waals surface area (Å²) >= 11 is 0. The van der Waals surface area contributed by atoms with Crippen LogP contribution >= 0.6 is 0 Å². The van der Waals surface area contributed by atoms with Crippen LogP contribution in [0.1, 0.15) is 6.42 Å². The van der Waals surface area contributed by atoms with Crippen LogP contribution < -0.4 is 4.74 Å². The van der Waals surface area contributed by atoms with Crippen molar-refractivity contribution in [2.45, 2.75) is 11.3 Å². The Kier molecular flexibility index (Phi) is 3.82. The number of hydrogen-bond donors (Lipinski definition) is 0. The van der Waals surface area contributed by atoms with Gasteiger partial charge in [0.1, 0.15) is 4.90 Å². The van der Waals surface area contributed by atoms with Crippen LogP contribution in [0.3, 0.4) is 0 Å². The van der Waals surface area contributed by atoms with E-state index in [1.54, 1.807) is 0 Å². The van der Waals surface area contributed by atoms with Gasteiger partial charge in [-0.25, -0.2) is 4.39 Å². The first kappa shape index (κ1) is 13.2. The van der Waals surface area contributed by atoms with E-state index in [4.69, 9.17) is 9.47 Å². The maximum Gasteiger partial charge on any atom is 0.332 e. The molecule has 0 amide bonds. The molecule has 0 spiro atoms. The summed E-state index contributed by atoms with van der Waals surface area (Å²) in [5.74, 6) is -0.782. The van der Waals surface area contributed by atoms with E-state index in [2.05, 4.69) is 0 Å². The Morgan fingerprint density at radius 1 is 1.44 bits per heavy atom. The Morgan fingerprint density at radius 2 is 2.22 bits per heavy atom. The van der Waals surface area contributed by atoms with Gasteiger partial charge in [0, 0.05) is 12.5 Å². The van der Waals surface area contributed by atoms with E-state index >= 15 is 0 Å². The largest absolute Gasteiger partial charge is 0.490 e. The predicted octanol–water partition coefficient (Wildman–Crippen LogP) is 1.90. The molecule has 0 aromatic heterocycles. The molecule has 1 fully saturated rings. The highest BCUT2D eigenvalue weighted by Crippen LogP contribution is 2.23. The number of hydrogen-bond acceptors (Lipinski definition) is 4. The third-order valence-electron chi connectivity index (χ3n) is 2.68. The molecule has 2 rings (SSSR count).